The van der Waals surface area contributed by atoms with Crippen LogP contribution in [0.1, 0.15) is 18.6 Å². The molecule has 0 aliphatic rings. The first-order chi connectivity index (χ1) is 7.33. The van der Waals surface area contributed by atoms with Crippen molar-refractivity contribution in [2.75, 3.05) is 13.4 Å². The third-order valence-electron chi connectivity index (χ3n) is 1.96. The summed E-state index contributed by atoms with van der Waals surface area (Å²) in [6, 6.07) is 4.17. The van der Waals surface area contributed by atoms with Crippen LogP contribution in [0.25, 0.3) is 0 Å². The summed E-state index contributed by atoms with van der Waals surface area (Å²) >= 11 is 0. The van der Waals surface area contributed by atoms with E-state index >= 15 is 0 Å². The summed E-state index contributed by atoms with van der Waals surface area (Å²) in [4.78, 5) is 0. The number of rotatable bonds is 4. The summed E-state index contributed by atoms with van der Waals surface area (Å²) in [5, 5.41) is 0. The lowest BCUT2D eigenvalue weighted by Crippen LogP contribution is -2.07. The van der Waals surface area contributed by atoms with Crippen LogP contribution < -0.4 is 4.74 Å². The molecule has 1 aromatic carbocycles. The number of benzene rings is 1. The molecule has 1 rings (SSSR count). The normalized spacial score (nSPS) is 13.5. The third kappa shape index (κ3) is 3.46. The molecule has 6 heteroatoms. The van der Waals surface area contributed by atoms with Gasteiger partial charge in [-0.1, -0.05) is 6.07 Å². The lowest BCUT2D eigenvalue weighted by molar-refractivity contribution is 0.236. The van der Waals surface area contributed by atoms with E-state index in [0.29, 0.717) is 5.56 Å². The van der Waals surface area contributed by atoms with Crippen molar-refractivity contribution in [3.63, 3.8) is 0 Å². The molecule has 0 amide bonds. The number of ether oxygens (including phenoxy) is 1. The molecule has 0 saturated carbocycles. The van der Waals surface area contributed by atoms with Crippen LogP contribution in [0.2, 0.25) is 0 Å². The van der Waals surface area contributed by atoms with E-state index in [0.717, 1.165) is 6.26 Å². The SMILES string of the molecule is COc1ccc(C(C)OS(C)(=O)=O)cc1F. The molecule has 0 aliphatic carbocycles. The lowest BCUT2D eigenvalue weighted by Gasteiger charge is -2.12. The van der Waals surface area contributed by atoms with Crippen molar-refractivity contribution >= 4 is 10.1 Å². The van der Waals surface area contributed by atoms with Crippen LogP contribution in [0.3, 0.4) is 0 Å². The minimum absolute atomic E-state index is 0.107. The standard InChI is InChI=1S/C10H13FO4S/c1-7(15-16(3,12)13)8-4-5-10(14-2)9(11)6-8/h4-7H,1-3H3. The molecule has 0 aliphatic heterocycles. The molecule has 16 heavy (non-hydrogen) atoms. The topological polar surface area (TPSA) is 52.6 Å². The van der Waals surface area contributed by atoms with Crippen molar-refractivity contribution in [2.45, 2.75) is 13.0 Å². The summed E-state index contributed by atoms with van der Waals surface area (Å²) in [7, 11) is -2.20. The van der Waals surface area contributed by atoms with Gasteiger partial charge < -0.3 is 4.74 Å². The fraction of sp³-hybridized carbons (Fsp3) is 0.400. The van der Waals surface area contributed by atoms with E-state index < -0.39 is 22.0 Å². The van der Waals surface area contributed by atoms with E-state index in [1.807, 2.05) is 0 Å². The van der Waals surface area contributed by atoms with Crippen molar-refractivity contribution in [2.24, 2.45) is 0 Å². The van der Waals surface area contributed by atoms with Crippen molar-refractivity contribution in [3.8, 4) is 5.75 Å². The zero-order valence-corrected chi connectivity index (χ0v) is 10.0. The molecule has 1 atom stereocenters. The smallest absolute Gasteiger partial charge is 0.264 e. The maximum absolute atomic E-state index is 13.3. The van der Waals surface area contributed by atoms with Crippen LogP contribution in [0.5, 0.6) is 5.75 Å². The Balaban J connectivity index is 2.93. The fourth-order valence-electron chi connectivity index (χ4n) is 1.25. The van der Waals surface area contributed by atoms with Gasteiger partial charge in [-0.15, -0.1) is 0 Å². The molecule has 0 aromatic heterocycles. The van der Waals surface area contributed by atoms with Gasteiger partial charge in [0.15, 0.2) is 11.6 Å². The first kappa shape index (κ1) is 12.9. The monoisotopic (exact) mass is 248 g/mol. The van der Waals surface area contributed by atoms with Gasteiger partial charge in [-0.25, -0.2) is 4.39 Å². The molecule has 0 fully saturated rings. The second-order valence-corrected chi connectivity index (χ2v) is 4.94. The first-order valence-electron chi connectivity index (χ1n) is 4.55. The average Bonchev–Trinajstić information content (AvgIpc) is 2.15. The molecule has 0 bridgehead atoms. The van der Waals surface area contributed by atoms with Gasteiger partial charge >= 0.3 is 0 Å². The molecular weight excluding hydrogens is 235 g/mol. The van der Waals surface area contributed by atoms with E-state index in [1.165, 1.54) is 26.2 Å². The molecule has 4 nitrogen and oxygen atoms in total. The van der Waals surface area contributed by atoms with Crippen LogP contribution in [-0.2, 0) is 14.3 Å². The van der Waals surface area contributed by atoms with Gasteiger partial charge in [0.2, 0.25) is 0 Å². The second kappa shape index (κ2) is 4.80. The number of hydrogen-bond acceptors (Lipinski definition) is 4. The highest BCUT2D eigenvalue weighted by Gasteiger charge is 2.14. The highest BCUT2D eigenvalue weighted by atomic mass is 32.2. The fourth-order valence-corrected chi connectivity index (χ4v) is 1.89. The Kier molecular flexibility index (Phi) is 3.88. The Morgan fingerprint density at radius 2 is 2.00 bits per heavy atom. The molecule has 0 spiro atoms. The van der Waals surface area contributed by atoms with Crippen molar-refractivity contribution in [1.82, 2.24) is 0 Å². The van der Waals surface area contributed by atoms with Gasteiger partial charge in [0.1, 0.15) is 0 Å². The summed E-state index contributed by atoms with van der Waals surface area (Å²) in [5.41, 5.74) is 0.434. The van der Waals surface area contributed by atoms with Gasteiger partial charge in [0.25, 0.3) is 10.1 Å². The predicted molar refractivity (Wildman–Crippen MR) is 57.3 cm³/mol. The quantitative estimate of drug-likeness (QED) is 0.763. The average molecular weight is 248 g/mol. The second-order valence-electron chi connectivity index (χ2n) is 3.34. The van der Waals surface area contributed by atoms with E-state index in [2.05, 4.69) is 0 Å². The molecule has 0 saturated heterocycles. The molecular formula is C10H13FO4S. The molecule has 90 valence electrons. The van der Waals surface area contributed by atoms with Crippen LogP contribution in [0, 0.1) is 5.82 Å². The highest BCUT2D eigenvalue weighted by Crippen LogP contribution is 2.24. The van der Waals surface area contributed by atoms with E-state index in [4.69, 9.17) is 8.92 Å². The zero-order chi connectivity index (χ0) is 12.3. The van der Waals surface area contributed by atoms with Crippen LogP contribution in [0.15, 0.2) is 18.2 Å². The van der Waals surface area contributed by atoms with Gasteiger partial charge in [0, 0.05) is 0 Å². The Bertz CT molecular complexity index is 470. The number of hydrogen-bond donors (Lipinski definition) is 0. The van der Waals surface area contributed by atoms with E-state index in [1.54, 1.807) is 6.07 Å². The molecule has 0 radical (unpaired) electrons. The molecule has 1 unspecified atom stereocenters. The minimum Gasteiger partial charge on any atom is -0.494 e. The Hall–Kier alpha value is -1.14. The molecule has 0 heterocycles. The summed E-state index contributed by atoms with van der Waals surface area (Å²) in [6.45, 7) is 1.53. The van der Waals surface area contributed by atoms with Gasteiger partial charge in [-0.05, 0) is 24.6 Å². The highest BCUT2D eigenvalue weighted by molar-refractivity contribution is 7.86. The van der Waals surface area contributed by atoms with Crippen LogP contribution >= 0.6 is 0 Å². The van der Waals surface area contributed by atoms with Crippen molar-refractivity contribution in [1.29, 1.82) is 0 Å². The Labute approximate surface area is 94.1 Å². The minimum atomic E-state index is -3.55. The number of halogens is 1. The maximum Gasteiger partial charge on any atom is 0.264 e. The Morgan fingerprint density at radius 1 is 1.38 bits per heavy atom. The van der Waals surface area contributed by atoms with Crippen molar-refractivity contribution < 1.29 is 21.7 Å². The molecule has 0 N–H and O–H groups in total. The van der Waals surface area contributed by atoms with Crippen LogP contribution in [0.4, 0.5) is 4.39 Å². The van der Waals surface area contributed by atoms with Gasteiger partial charge in [-0.3, -0.25) is 4.18 Å². The maximum atomic E-state index is 13.3. The summed E-state index contributed by atoms with van der Waals surface area (Å²) < 4.78 is 44.5. The zero-order valence-electron chi connectivity index (χ0n) is 9.23. The number of methoxy groups -OCH3 is 1. The van der Waals surface area contributed by atoms with Crippen LogP contribution in [-0.4, -0.2) is 21.8 Å². The van der Waals surface area contributed by atoms with E-state index in [9.17, 15) is 12.8 Å². The lowest BCUT2D eigenvalue weighted by atomic mass is 10.1. The Morgan fingerprint density at radius 3 is 2.44 bits per heavy atom. The third-order valence-corrected chi connectivity index (χ3v) is 2.60. The van der Waals surface area contributed by atoms with Gasteiger partial charge in [-0.2, -0.15) is 8.42 Å². The van der Waals surface area contributed by atoms with Crippen molar-refractivity contribution in [3.05, 3.63) is 29.6 Å². The summed E-state index contributed by atoms with van der Waals surface area (Å²) in [5.74, 6) is -0.445. The first-order valence-corrected chi connectivity index (χ1v) is 6.37. The molecule has 1 aromatic rings. The van der Waals surface area contributed by atoms with E-state index in [-0.39, 0.29) is 5.75 Å². The van der Waals surface area contributed by atoms with Gasteiger partial charge in [0.05, 0.1) is 19.5 Å². The predicted octanol–water partition coefficient (Wildman–Crippen LogP) is 1.87. The summed E-state index contributed by atoms with van der Waals surface area (Å²) in [6.07, 6.45) is 0.221. The largest absolute Gasteiger partial charge is 0.494 e.